The summed E-state index contributed by atoms with van der Waals surface area (Å²) in [6, 6.07) is 0. The highest BCUT2D eigenvalue weighted by atomic mass is 32.1. The normalized spacial score (nSPS) is 11.6. The lowest BCUT2D eigenvalue weighted by atomic mass is 10.2. The number of nitrogens with zero attached hydrogens (tertiary/aromatic N) is 3. The average Bonchev–Trinajstić information content (AvgIpc) is 2.60. The third kappa shape index (κ3) is 4.42. The first kappa shape index (κ1) is 13.3. The molecule has 0 bridgehead atoms. The standard InChI is InChI=1S/C10H20N4OS/c1-8(2)6-14(4-5-15-3)7-9-10(11)16-13-12-9/h8H,4-7,11H2,1-3H3. The van der Waals surface area contributed by atoms with Gasteiger partial charge in [0.05, 0.1) is 6.61 Å². The first-order chi connectivity index (χ1) is 7.63. The van der Waals surface area contributed by atoms with E-state index < -0.39 is 0 Å². The zero-order valence-electron chi connectivity index (χ0n) is 10.1. The van der Waals surface area contributed by atoms with Crippen molar-refractivity contribution >= 4 is 16.5 Å². The fraction of sp³-hybridized carbons (Fsp3) is 0.800. The minimum atomic E-state index is 0.615. The maximum atomic E-state index is 5.78. The molecule has 1 rings (SSSR count). The van der Waals surface area contributed by atoms with Crippen molar-refractivity contribution in [2.45, 2.75) is 20.4 Å². The molecule has 1 aromatic rings. The topological polar surface area (TPSA) is 64.3 Å². The van der Waals surface area contributed by atoms with E-state index in [2.05, 4.69) is 28.3 Å². The molecule has 0 amide bonds. The lowest BCUT2D eigenvalue weighted by Gasteiger charge is -2.22. The van der Waals surface area contributed by atoms with Crippen LogP contribution in [0.5, 0.6) is 0 Å². The smallest absolute Gasteiger partial charge is 0.132 e. The van der Waals surface area contributed by atoms with E-state index in [0.717, 1.165) is 31.9 Å². The molecule has 0 unspecified atom stereocenters. The van der Waals surface area contributed by atoms with Crippen LogP contribution in [0.15, 0.2) is 0 Å². The summed E-state index contributed by atoms with van der Waals surface area (Å²) >= 11 is 1.25. The van der Waals surface area contributed by atoms with Crippen LogP contribution in [0, 0.1) is 5.92 Å². The number of hydrogen-bond donors (Lipinski definition) is 1. The van der Waals surface area contributed by atoms with E-state index in [0.29, 0.717) is 10.9 Å². The van der Waals surface area contributed by atoms with Gasteiger partial charge >= 0.3 is 0 Å². The van der Waals surface area contributed by atoms with Crippen LogP contribution >= 0.6 is 11.5 Å². The van der Waals surface area contributed by atoms with Gasteiger partial charge in [-0.2, -0.15) is 0 Å². The summed E-state index contributed by atoms with van der Waals surface area (Å²) in [6.07, 6.45) is 0. The number of nitrogens with two attached hydrogens (primary N) is 1. The Kier molecular flexibility index (Phi) is 5.65. The summed E-state index contributed by atoms with van der Waals surface area (Å²) in [5.74, 6) is 0.615. The molecule has 2 N–H and O–H groups in total. The van der Waals surface area contributed by atoms with Crippen molar-refractivity contribution in [1.82, 2.24) is 14.5 Å². The molecule has 1 aromatic heterocycles. The average molecular weight is 244 g/mol. The summed E-state index contributed by atoms with van der Waals surface area (Å²) in [6.45, 7) is 7.78. The van der Waals surface area contributed by atoms with Crippen molar-refractivity contribution in [1.29, 1.82) is 0 Å². The van der Waals surface area contributed by atoms with Crippen LogP contribution in [0.1, 0.15) is 19.5 Å². The molecule has 92 valence electrons. The van der Waals surface area contributed by atoms with Crippen LogP contribution in [0.2, 0.25) is 0 Å². The molecule has 0 saturated heterocycles. The highest BCUT2D eigenvalue weighted by Crippen LogP contribution is 2.15. The molecule has 0 fully saturated rings. The third-order valence-electron chi connectivity index (χ3n) is 2.19. The minimum Gasteiger partial charge on any atom is -0.388 e. The summed E-state index contributed by atoms with van der Waals surface area (Å²) in [7, 11) is 1.71. The van der Waals surface area contributed by atoms with Gasteiger partial charge in [0.25, 0.3) is 0 Å². The van der Waals surface area contributed by atoms with Crippen LogP contribution in [-0.4, -0.2) is 41.3 Å². The molecule has 0 saturated carbocycles. The van der Waals surface area contributed by atoms with E-state index in [4.69, 9.17) is 10.5 Å². The van der Waals surface area contributed by atoms with Crippen molar-refractivity contribution in [2.75, 3.05) is 32.5 Å². The molecule has 1 heterocycles. The van der Waals surface area contributed by atoms with Crippen molar-refractivity contribution in [2.24, 2.45) is 5.92 Å². The fourth-order valence-corrected chi connectivity index (χ4v) is 1.95. The number of methoxy groups -OCH3 is 1. The van der Waals surface area contributed by atoms with Crippen molar-refractivity contribution in [3.8, 4) is 0 Å². The predicted octanol–water partition coefficient (Wildman–Crippen LogP) is 1.22. The molecule has 0 radical (unpaired) electrons. The van der Waals surface area contributed by atoms with Crippen molar-refractivity contribution < 1.29 is 4.74 Å². The molecule has 0 aliphatic rings. The lowest BCUT2D eigenvalue weighted by molar-refractivity contribution is 0.135. The largest absolute Gasteiger partial charge is 0.388 e. The highest BCUT2D eigenvalue weighted by Gasteiger charge is 2.12. The van der Waals surface area contributed by atoms with E-state index in [9.17, 15) is 0 Å². The summed E-state index contributed by atoms with van der Waals surface area (Å²) < 4.78 is 8.94. The number of rotatable bonds is 7. The number of anilines is 1. The molecule has 0 atom stereocenters. The van der Waals surface area contributed by atoms with Crippen molar-refractivity contribution in [3.05, 3.63) is 5.69 Å². The van der Waals surface area contributed by atoms with Crippen LogP contribution in [-0.2, 0) is 11.3 Å². The van der Waals surface area contributed by atoms with Gasteiger partial charge in [-0.15, -0.1) is 5.10 Å². The Bertz CT molecular complexity index is 303. The van der Waals surface area contributed by atoms with Gasteiger partial charge in [-0.05, 0) is 5.92 Å². The summed E-state index contributed by atoms with van der Waals surface area (Å²) in [4.78, 5) is 2.29. The Balaban J connectivity index is 2.52. The maximum absolute atomic E-state index is 5.78. The first-order valence-corrected chi connectivity index (χ1v) is 6.18. The molecule has 5 nitrogen and oxygen atoms in total. The zero-order chi connectivity index (χ0) is 12.0. The Labute approximate surface area is 101 Å². The van der Waals surface area contributed by atoms with E-state index in [1.54, 1.807) is 7.11 Å². The second-order valence-electron chi connectivity index (χ2n) is 4.21. The highest BCUT2D eigenvalue weighted by molar-refractivity contribution is 7.09. The molecular formula is C10H20N4OS. The van der Waals surface area contributed by atoms with Gasteiger partial charge in [0.2, 0.25) is 0 Å². The van der Waals surface area contributed by atoms with E-state index in [-0.39, 0.29) is 0 Å². The SMILES string of the molecule is COCCN(Cc1nnsc1N)CC(C)C. The Morgan fingerprint density at radius 3 is 2.75 bits per heavy atom. The van der Waals surface area contributed by atoms with Crippen LogP contribution in [0.4, 0.5) is 5.00 Å². The number of nitrogen functional groups attached to an aromatic ring is 1. The molecule has 0 spiro atoms. The van der Waals surface area contributed by atoms with Gasteiger partial charge in [0, 0.05) is 38.3 Å². The van der Waals surface area contributed by atoms with Gasteiger partial charge in [0.15, 0.2) is 0 Å². The van der Waals surface area contributed by atoms with Crippen LogP contribution < -0.4 is 5.73 Å². The first-order valence-electron chi connectivity index (χ1n) is 5.41. The Hall–Kier alpha value is -0.720. The quantitative estimate of drug-likeness (QED) is 0.781. The van der Waals surface area contributed by atoms with E-state index in [1.165, 1.54) is 11.5 Å². The van der Waals surface area contributed by atoms with Crippen molar-refractivity contribution in [3.63, 3.8) is 0 Å². The fourth-order valence-electron chi connectivity index (χ4n) is 1.51. The third-order valence-corrected chi connectivity index (χ3v) is 2.79. The summed E-state index contributed by atoms with van der Waals surface area (Å²) in [5.41, 5.74) is 6.66. The minimum absolute atomic E-state index is 0.615. The van der Waals surface area contributed by atoms with Gasteiger partial charge in [0.1, 0.15) is 10.7 Å². The molecule has 16 heavy (non-hydrogen) atoms. The molecule has 0 aromatic carbocycles. The van der Waals surface area contributed by atoms with Gasteiger partial charge in [-0.3, -0.25) is 4.90 Å². The lowest BCUT2D eigenvalue weighted by Crippen LogP contribution is -2.31. The zero-order valence-corrected chi connectivity index (χ0v) is 11.0. The molecular weight excluding hydrogens is 224 g/mol. The van der Waals surface area contributed by atoms with E-state index >= 15 is 0 Å². The van der Waals surface area contributed by atoms with Gasteiger partial charge in [-0.25, -0.2) is 0 Å². The maximum Gasteiger partial charge on any atom is 0.132 e. The van der Waals surface area contributed by atoms with Crippen LogP contribution in [0.3, 0.4) is 0 Å². The second kappa shape index (κ2) is 6.78. The predicted molar refractivity (Wildman–Crippen MR) is 66.3 cm³/mol. The molecule has 6 heteroatoms. The molecule has 0 aliphatic heterocycles. The Morgan fingerprint density at radius 2 is 2.25 bits per heavy atom. The number of hydrogen-bond acceptors (Lipinski definition) is 6. The second-order valence-corrected chi connectivity index (χ2v) is 4.99. The van der Waals surface area contributed by atoms with E-state index in [1.807, 2.05) is 0 Å². The Morgan fingerprint density at radius 1 is 1.50 bits per heavy atom. The molecule has 0 aliphatic carbocycles. The van der Waals surface area contributed by atoms with Gasteiger partial charge < -0.3 is 10.5 Å². The number of ether oxygens (including phenoxy) is 1. The monoisotopic (exact) mass is 244 g/mol. The van der Waals surface area contributed by atoms with Gasteiger partial charge in [-0.1, -0.05) is 18.3 Å². The number of aromatic nitrogens is 2. The summed E-state index contributed by atoms with van der Waals surface area (Å²) in [5, 5.41) is 4.75. The van der Waals surface area contributed by atoms with Crippen LogP contribution in [0.25, 0.3) is 0 Å².